The highest BCUT2D eigenvalue weighted by molar-refractivity contribution is 5.77. The van der Waals surface area contributed by atoms with Crippen molar-refractivity contribution in [3.05, 3.63) is 42.5 Å². The molecule has 0 saturated heterocycles. The molecule has 0 aliphatic rings. The van der Waals surface area contributed by atoms with Crippen LogP contribution in [0.3, 0.4) is 0 Å². The van der Waals surface area contributed by atoms with E-state index in [2.05, 4.69) is 0 Å². The Morgan fingerprint density at radius 1 is 0.950 bits per heavy atom. The highest BCUT2D eigenvalue weighted by Gasteiger charge is 2.12. The molecule has 0 aliphatic heterocycles. The van der Waals surface area contributed by atoms with Gasteiger partial charge in [-0.2, -0.15) is 0 Å². The molecule has 0 saturated carbocycles. The van der Waals surface area contributed by atoms with Gasteiger partial charge in [-0.1, -0.05) is 18.2 Å². The van der Waals surface area contributed by atoms with Crippen LogP contribution < -0.4 is 19.9 Å². The quantitative estimate of drug-likeness (QED) is 0.929. The third kappa shape index (κ3) is 2.83. The van der Waals surface area contributed by atoms with Crippen molar-refractivity contribution < 1.29 is 19.0 Å². The minimum atomic E-state index is -0.840. The molecule has 0 aromatic heterocycles. The molecular formula is C15H15NO4. The Bertz CT molecular complexity index is 586. The van der Waals surface area contributed by atoms with Crippen molar-refractivity contribution in [2.75, 3.05) is 14.2 Å². The fourth-order valence-corrected chi connectivity index (χ4v) is 1.94. The Balaban J connectivity index is 2.43. The van der Waals surface area contributed by atoms with E-state index >= 15 is 0 Å². The molecule has 0 fully saturated rings. The molecule has 0 bridgehead atoms. The maximum atomic E-state index is 10.7. The fourth-order valence-electron chi connectivity index (χ4n) is 1.94. The van der Waals surface area contributed by atoms with Gasteiger partial charge in [-0.3, -0.25) is 0 Å². The Kier molecular flexibility index (Phi) is 4.10. The van der Waals surface area contributed by atoms with Crippen molar-refractivity contribution in [2.45, 2.75) is 0 Å². The molecule has 2 aromatic rings. The van der Waals surface area contributed by atoms with Crippen molar-refractivity contribution in [2.24, 2.45) is 5.73 Å². The van der Waals surface area contributed by atoms with Gasteiger partial charge in [0.2, 0.25) is 0 Å². The molecule has 0 spiro atoms. The van der Waals surface area contributed by atoms with E-state index in [4.69, 9.17) is 19.9 Å². The van der Waals surface area contributed by atoms with Gasteiger partial charge in [-0.15, -0.1) is 0 Å². The van der Waals surface area contributed by atoms with Crippen molar-refractivity contribution in [3.8, 4) is 28.4 Å². The first-order valence-corrected chi connectivity index (χ1v) is 5.94. The van der Waals surface area contributed by atoms with E-state index in [9.17, 15) is 4.79 Å². The number of carbonyl (C=O) groups is 1. The van der Waals surface area contributed by atoms with Gasteiger partial charge < -0.3 is 19.9 Å². The molecule has 5 heteroatoms. The first-order valence-electron chi connectivity index (χ1n) is 5.94. The average Bonchev–Trinajstić information content (AvgIpc) is 2.46. The second-order valence-electron chi connectivity index (χ2n) is 3.98. The second kappa shape index (κ2) is 5.97. The minimum absolute atomic E-state index is 0.384. The summed E-state index contributed by atoms with van der Waals surface area (Å²) >= 11 is 0. The molecule has 1 amide bonds. The normalized spacial score (nSPS) is 9.90. The molecule has 0 heterocycles. The van der Waals surface area contributed by atoms with E-state index in [0.717, 1.165) is 11.1 Å². The van der Waals surface area contributed by atoms with Gasteiger partial charge in [0.25, 0.3) is 0 Å². The number of carbonyl (C=O) groups excluding carboxylic acids is 1. The number of nitrogens with two attached hydrogens (primary N) is 1. The van der Waals surface area contributed by atoms with E-state index in [1.54, 1.807) is 38.5 Å². The van der Waals surface area contributed by atoms with Gasteiger partial charge in [-0.05, 0) is 29.8 Å². The zero-order valence-electron chi connectivity index (χ0n) is 11.3. The zero-order valence-corrected chi connectivity index (χ0v) is 11.3. The SMILES string of the molecule is COc1cccc(OC)c1-c1ccc(OC(N)=O)cc1. The van der Waals surface area contributed by atoms with Crippen LogP contribution in [-0.4, -0.2) is 20.3 Å². The number of amides is 1. The third-order valence-corrected chi connectivity index (χ3v) is 2.79. The van der Waals surface area contributed by atoms with Crippen LogP contribution in [0.5, 0.6) is 17.2 Å². The lowest BCUT2D eigenvalue weighted by molar-refractivity contribution is 0.211. The van der Waals surface area contributed by atoms with Gasteiger partial charge in [0.15, 0.2) is 0 Å². The predicted molar refractivity (Wildman–Crippen MR) is 75.2 cm³/mol. The van der Waals surface area contributed by atoms with Crippen molar-refractivity contribution in [3.63, 3.8) is 0 Å². The molecule has 0 unspecified atom stereocenters. The van der Waals surface area contributed by atoms with E-state index in [0.29, 0.717) is 17.2 Å². The number of hydrogen-bond donors (Lipinski definition) is 1. The van der Waals surface area contributed by atoms with Crippen molar-refractivity contribution >= 4 is 6.09 Å². The van der Waals surface area contributed by atoms with Gasteiger partial charge >= 0.3 is 6.09 Å². The van der Waals surface area contributed by atoms with Crippen molar-refractivity contribution in [1.82, 2.24) is 0 Å². The summed E-state index contributed by atoms with van der Waals surface area (Å²) in [4.78, 5) is 10.7. The van der Waals surface area contributed by atoms with E-state index in [1.165, 1.54) is 0 Å². The Morgan fingerprint density at radius 3 is 1.95 bits per heavy atom. The number of rotatable bonds is 4. The summed E-state index contributed by atoms with van der Waals surface area (Å²) in [6.07, 6.45) is -0.840. The number of ether oxygens (including phenoxy) is 3. The lowest BCUT2D eigenvalue weighted by Crippen LogP contribution is -2.16. The molecule has 2 N–H and O–H groups in total. The number of hydrogen-bond acceptors (Lipinski definition) is 4. The van der Waals surface area contributed by atoms with Crippen LogP contribution in [0.1, 0.15) is 0 Å². The molecule has 2 aromatic carbocycles. The summed E-state index contributed by atoms with van der Waals surface area (Å²) in [5.41, 5.74) is 6.69. The van der Waals surface area contributed by atoms with E-state index in [-0.39, 0.29) is 0 Å². The van der Waals surface area contributed by atoms with Gasteiger partial charge in [0.1, 0.15) is 17.2 Å². The summed E-state index contributed by atoms with van der Waals surface area (Å²) in [5, 5.41) is 0. The summed E-state index contributed by atoms with van der Waals surface area (Å²) in [6, 6.07) is 12.5. The zero-order chi connectivity index (χ0) is 14.5. The molecule has 20 heavy (non-hydrogen) atoms. The van der Waals surface area contributed by atoms with Crippen molar-refractivity contribution in [1.29, 1.82) is 0 Å². The Morgan fingerprint density at radius 2 is 1.50 bits per heavy atom. The van der Waals surface area contributed by atoms with E-state index < -0.39 is 6.09 Å². The summed E-state index contributed by atoms with van der Waals surface area (Å²) in [7, 11) is 3.20. The second-order valence-corrected chi connectivity index (χ2v) is 3.98. The Hall–Kier alpha value is -2.69. The van der Waals surface area contributed by atoms with Crippen LogP contribution in [0.2, 0.25) is 0 Å². The highest BCUT2D eigenvalue weighted by atomic mass is 16.5. The maximum Gasteiger partial charge on any atom is 0.409 e. The Labute approximate surface area is 116 Å². The summed E-state index contributed by atoms with van der Waals surface area (Å²) < 4.78 is 15.5. The molecule has 5 nitrogen and oxygen atoms in total. The number of methoxy groups -OCH3 is 2. The lowest BCUT2D eigenvalue weighted by atomic mass is 10.0. The molecule has 104 valence electrons. The maximum absolute atomic E-state index is 10.7. The largest absolute Gasteiger partial charge is 0.496 e. The highest BCUT2D eigenvalue weighted by Crippen LogP contribution is 2.38. The van der Waals surface area contributed by atoms with Gasteiger partial charge in [-0.25, -0.2) is 4.79 Å². The molecule has 0 radical (unpaired) electrons. The monoisotopic (exact) mass is 273 g/mol. The van der Waals surface area contributed by atoms with E-state index in [1.807, 2.05) is 18.2 Å². The molecule has 0 aliphatic carbocycles. The van der Waals surface area contributed by atoms with Crippen LogP contribution in [0.15, 0.2) is 42.5 Å². The first-order chi connectivity index (χ1) is 9.65. The molecule has 2 rings (SSSR count). The lowest BCUT2D eigenvalue weighted by Gasteiger charge is -2.13. The summed E-state index contributed by atoms with van der Waals surface area (Å²) in [5.74, 6) is 1.79. The minimum Gasteiger partial charge on any atom is -0.496 e. The molecule has 0 atom stereocenters. The number of benzene rings is 2. The summed E-state index contributed by atoms with van der Waals surface area (Å²) in [6.45, 7) is 0. The van der Waals surface area contributed by atoms with Crippen LogP contribution >= 0.6 is 0 Å². The van der Waals surface area contributed by atoms with Crippen LogP contribution in [0, 0.1) is 0 Å². The predicted octanol–water partition coefficient (Wildman–Crippen LogP) is 2.83. The van der Waals surface area contributed by atoms with Crippen LogP contribution in [0.4, 0.5) is 4.79 Å². The first kappa shape index (κ1) is 13.7. The van der Waals surface area contributed by atoms with Crippen LogP contribution in [0.25, 0.3) is 11.1 Å². The van der Waals surface area contributed by atoms with Crippen LogP contribution in [-0.2, 0) is 0 Å². The van der Waals surface area contributed by atoms with Gasteiger partial charge in [0.05, 0.1) is 19.8 Å². The number of primary amides is 1. The smallest absolute Gasteiger partial charge is 0.409 e. The molecular weight excluding hydrogens is 258 g/mol. The topological polar surface area (TPSA) is 70.8 Å². The van der Waals surface area contributed by atoms with Gasteiger partial charge in [0, 0.05) is 0 Å². The third-order valence-electron chi connectivity index (χ3n) is 2.79. The average molecular weight is 273 g/mol. The standard InChI is InChI=1S/C15H15NO4/c1-18-12-4-3-5-13(19-2)14(12)10-6-8-11(9-7-10)20-15(16)17/h3-9H,1-2H3,(H2,16,17). The fraction of sp³-hybridized carbons (Fsp3) is 0.133.